The van der Waals surface area contributed by atoms with Gasteiger partial charge < -0.3 is 5.32 Å². The van der Waals surface area contributed by atoms with Gasteiger partial charge in [-0.3, -0.25) is 0 Å². The van der Waals surface area contributed by atoms with Crippen LogP contribution >= 0.6 is 0 Å². The second kappa shape index (κ2) is 2.25. The van der Waals surface area contributed by atoms with Gasteiger partial charge in [0.1, 0.15) is 0 Å². The molecule has 0 unspecified atom stereocenters. The van der Waals surface area contributed by atoms with Crippen LogP contribution in [0.15, 0.2) is 0 Å². The topological polar surface area (TPSA) is 12.0 Å². The Morgan fingerprint density at radius 3 is 2.00 bits per heavy atom. The molecule has 2 aliphatic carbocycles. The van der Waals surface area contributed by atoms with Crippen LogP contribution in [0.25, 0.3) is 0 Å². The summed E-state index contributed by atoms with van der Waals surface area (Å²) in [6.45, 7) is 1.29. The second-order valence-corrected chi connectivity index (χ2v) is 5.37. The van der Waals surface area contributed by atoms with Gasteiger partial charge in [-0.15, -0.1) is 0 Å². The highest BCUT2D eigenvalue weighted by Crippen LogP contribution is 2.59. The van der Waals surface area contributed by atoms with E-state index in [-0.39, 0.29) is 0 Å². The molecule has 0 aromatic carbocycles. The van der Waals surface area contributed by atoms with Gasteiger partial charge in [0.25, 0.3) is 0 Å². The van der Waals surface area contributed by atoms with Crippen molar-refractivity contribution in [3.8, 4) is 0 Å². The third-order valence-corrected chi connectivity index (χ3v) is 4.44. The molecule has 2 spiro atoms. The van der Waals surface area contributed by atoms with Gasteiger partial charge in [-0.1, -0.05) is 19.3 Å². The molecule has 3 fully saturated rings. The van der Waals surface area contributed by atoms with Crippen molar-refractivity contribution in [2.75, 3.05) is 6.54 Å². The average molecular weight is 165 g/mol. The molecular formula is C11H19N. The molecule has 0 radical (unpaired) electrons. The smallest absolute Gasteiger partial charge is 0.0204 e. The summed E-state index contributed by atoms with van der Waals surface area (Å²) in [5.41, 5.74) is 1.49. The average Bonchev–Trinajstić information content (AvgIpc) is 1.98. The van der Waals surface area contributed by atoms with Crippen molar-refractivity contribution in [3.05, 3.63) is 0 Å². The fourth-order valence-electron chi connectivity index (χ4n) is 3.82. The number of hydrogen-bond acceptors (Lipinski definition) is 1. The minimum Gasteiger partial charge on any atom is -0.311 e. The largest absolute Gasteiger partial charge is 0.311 e. The zero-order valence-electron chi connectivity index (χ0n) is 7.86. The van der Waals surface area contributed by atoms with Crippen LogP contribution in [0.2, 0.25) is 0 Å². The van der Waals surface area contributed by atoms with E-state index in [0.717, 1.165) is 5.41 Å². The Morgan fingerprint density at radius 2 is 1.50 bits per heavy atom. The number of rotatable bonds is 0. The Kier molecular flexibility index (Phi) is 1.39. The Balaban J connectivity index is 1.65. The van der Waals surface area contributed by atoms with E-state index in [1.54, 1.807) is 0 Å². The maximum Gasteiger partial charge on any atom is 0.0204 e. The van der Waals surface area contributed by atoms with Crippen LogP contribution in [0.1, 0.15) is 51.4 Å². The molecule has 1 heterocycles. The first-order valence-electron chi connectivity index (χ1n) is 5.58. The van der Waals surface area contributed by atoms with E-state index < -0.39 is 0 Å². The Morgan fingerprint density at radius 1 is 0.833 bits per heavy atom. The third kappa shape index (κ3) is 0.891. The lowest BCUT2D eigenvalue weighted by molar-refractivity contribution is -0.0652. The molecule has 0 aromatic heterocycles. The predicted octanol–water partition coefficient (Wildman–Crippen LogP) is 2.46. The lowest BCUT2D eigenvalue weighted by Gasteiger charge is -2.63. The summed E-state index contributed by atoms with van der Waals surface area (Å²) in [6, 6.07) is 0. The van der Waals surface area contributed by atoms with E-state index in [2.05, 4.69) is 5.32 Å². The first kappa shape index (κ1) is 7.37. The van der Waals surface area contributed by atoms with Crippen molar-refractivity contribution in [3.63, 3.8) is 0 Å². The molecule has 68 valence electrons. The van der Waals surface area contributed by atoms with Gasteiger partial charge in [0.05, 0.1) is 0 Å². The van der Waals surface area contributed by atoms with Gasteiger partial charge >= 0.3 is 0 Å². The fourth-order valence-corrected chi connectivity index (χ4v) is 3.82. The van der Waals surface area contributed by atoms with Gasteiger partial charge in [-0.25, -0.2) is 0 Å². The Labute approximate surface area is 74.9 Å². The first-order valence-corrected chi connectivity index (χ1v) is 5.58. The summed E-state index contributed by atoms with van der Waals surface area (Å²) in [7, 11) is 0. The van der Waals surface area contributed by atoms with Crippen LogP contribution in [-0.4, -0.2) is 12.1 Å². The molecule has 0 atom stereocenters. The van der Waals surface area contributed by atoms with Crippen molar-refractivity contribution in [2.45, 2.75) is 56.9 Å². The Bertz CT molecular complexity index is 177. The molecule has 1 heteroatoms. The molecule has 3 rings (SSSR count). The molecule has 1 N–H and O–H groups in total. The highest BCUT2D eigenvalue weighted by molar-refractivity contribution is 5.13. The number of hydrogen-bond donors (Lipinski definition) is 1. The molecule has 1 nitrogen and oxygen atoms in total. The van der Waals surface area contributed by atoms with Gasteiger partial charge in [-0.2, -0.15) is 0 Å². The normalized spacial score (nSPS) is 36.0. The summed E-state index contributed by atoms with van der Waals surface area (Å²) >= 11 is 0. The molecule has 1 aliphatic heterocycles. The molecule has 0 amide bonds. The summed E-state index contributed by atoms with van der Waals surface area (Å²) in [6.07, 6.45) is 12.1. The standard InChI is InChI=1S/C11H19N/c1-2-4-10(5-3-1)8-11(9-10)6-7-12-11/h12H,1-9H2. The summed E-state index contributed by atoms with van der Waals surface area (Å²) < 4.78 is 0. The summed E-state index contributed by atoms with van der Waals surface area (Å²) in [4.78, 5) is 0. The maximum atomic E-state index is 3.63. The minimum absolute atomic E-state index is 0.664. The van der Waals surface area contributed by atoms with E-state index >= 15 is 0 Å². The van der Waals surface area contributed by atoms with E-state index in [1.807, 2.05) is 0 Å². The lowest BCUT2D eigenvalue weighted by atomic mass is 9.49. The van der Waals surface area contributed by atoms with E-state index in [0.29, 0.717) is 5.54 Å². The molecular weight excluding hydrogens is 146 g/mol. The van der Waals surface area contributed by atoms with Crippen molar-refractivity contribution in [2.24, 2.45) is 5.41 Å². The molecule has 0 bridgehead atoms. The van der Waals surface area contributed by atoms with Crippen LogP contribution in [0.4, 0.5) is 0 Å². The zero-order valence-corrected chi connectivity index (χ0v) is 7.86. The van der Waals surface area contributed by atoms with Crippen molar-refractivity contribution in [1.82, 2.24) is 5.32 Å². The van der Waals surface area contributed by atoms with E-state index in [4.69, 9.17) is 0 Å². The molecule has 12 heavy (non-hydrogen) atoms. The fraction of sp³-hybridized carbons (Fsp3) is 1.00. The molecule has 2 saturated carbocycles. The van der Waals surface area contributed by atoms with Crippen molar-refractivity contribution >= 4 is 0 Å². The minimum atomic E-state index is 0.664. The van der Waals surface area contributed by atoms with Gasteiger partial charge in [0, 0.05) is 5.54 Å². The monoisotopic (exact) mass is 165 g/mol. The van der Waals surface area contributed by atoms with Gasteiger partial charge in [0.15, 0.2) is 0 Å². The summed E-state index contributed by atoms with van der Waals surface area (Å²) in [5.74, 6) is 0. The molecule has 0 aromatic rings. The highest BCUT2D eigenvalue weighted by Gasteiger charge is 2.56. The van der Waals surface area contributed by atoms with E-state index in [9.17, 15) is 0 Å². The van der Waals surface area contributed by atoms with Crippen LogP contribution < -0.4 is 5.32 Å². The third-order valence-electron chi connectivity index (χ3n) is 4.44. The summed E-state index contributed by atoms with van der Waals surface area (Å²) in [5, 5.41) is 3.63. The molecule has 1 saturated heterocycles. The van der Waals surface area contributed by atoms with Gasteiger partial charge in [-0.05, 0) is 44.1 Å². The number of nitrogens with one attached hydrogen (secondary N) is 1. The van der Waals surface area contributed by atoms with Crippen LogP contribution in [0.5, 0.6) is 0 Å². The SMILES string of the molecule is C1CCC2(CC1)CC1(CCN1)C2. The lowest BCUT2D eigenvalue weighted by Crippen LogP contribution is -2.68. The molecule has 3 aliphatic rings. The van der Waals surface area contributed by atoms with Crippen LogP contribution in [-0.2, 0) is 0 Å². The van der Waals surface area contributed by atoms with Crippen LogP contribution in [0.3, 0.4) is 0 Å². The quantitative estimate of drug-likeness (QED) is 0.581. The zero-order chi connectivity index (χ0) is 8.07. The van der Waals surface area contributed by atoms with Crippen molar-refractivity contribution < 1.29 is 0 Å². The van der Waals surface area contributed by atoms with Crippen molar-refractivity contribution in [1.29, 1.82) is 0 Å². The van der Waals surface area contributed by atoms with Crippen LogP contribution in [0, 0.1) is 5.41 Å². The Hall–Kier alpha value is -0.0400. The maximum absolute atomic E-state index is 3.63. The van der Waals surface area contributed by atoms with Gasteiger partial charge in [0.2, 0.25) is 0 Å². The predicted molar refractivity (Wildman–Crippen MR) is 50.1 cm³/mol. The van der Waals surface area contributed by atoms with E-state index in [1.165, 1.54) is 57.9 Å². The first-order chi connectivity index (χ1) is 5.83. The second-order valence-electron chi connectivity index (χ2n) is 5.37. The highest BCUT2D eigenvalue weighted by atomic mass is 15.1.